The van der Waals surface area contributed by atoms with Crippen LogP contribution < -0.4 is 19.7 Å². The summed E-state index contributed by atoms with van der Waals surface area (Å²) in [6.45, 7) is 3.53. The van der Waals surface area contributed by atoms with Crippen LogP contribution in [0.1, 0.15) is 16.8 Å². The van der Waals surface area contributed by atoms with Crippen LogP contribution in [0.2, 0.25) is 0 Å². The van der Waals surface area contributed by atoms with E-state index >= 15 is 0 Å². The molecule has 0 spiro atoms. The van der Waals surface area contributed by atoms with Gasteiger partial charge in [-0.1, -0.05) is 24.3 Å². The first-order valence-electron chi connectivity index (χ1n) is 9.34. The molecule has 2 aromatic carbocycles. The van der Waals surface area contributed by atoms with Crippen molar-refractivity contribution in [2.45, 2.75) is 19.9 Å². The van der Waals surface area contributed by atoms with Crippen molar-refractivity contribution in [3.8, 4) is 11.5 Å². The summed E-state index contributed by atoms with van der Waals surface area (Å²) in [4.78, 5) is 11.6. The number of para-hydroxylation sites is 1. The monoisotopic (exact) mass is 376 g/mol. The van der Waals surface area contributed by atoms with Crippen molar-refractivity contribution < 1.29 is 9.47 Å². The van der Waals surface area contributed by atoms with Gasteiger partial charge in [0.25, 0.3) is 0 Å². The second-order valence-electron chi connectivity index (χ2n) is 6.77. The van der Waals surface area contributed by atoms with Gasteiger partial charge in [0.1, 0.15) is 5.82 Å². The number of methoxy groups -OCH3 is 2. The van der Waals surface area contributed by atoms with E-state index in [9.17, 15) is 0 Å². The molecule has 2 heterocycles. The number of nitrogens with zero attached hydrogens (tertiary/aromatic N) is 3. The molecule has 6 heteroatoms. The fourth-order valence-electron chi connectivity index (χ4n) is 3.49. The summed E-state index contributed by atoms with van der Waals surface area (Å²) >= 11 is 0. The lowest BCUT2D eigenvalue weighted by Gasteiger charge is -2.19. The molecule has 0 unspecified atom stereocenters. The molecule has 1 aliphatic heterocycles. The largest absolute Gasteiger partial charge is 0.493 e. The van der Waals surface area contributed by atoms with Gasteiger partial charge in [-0.15, -0.1) is 0 Å². The highest BCUT2D eigenvalue weighted by molar-refractivity contribution is 5.66. The molecule has 1 aliphatic rings. The zero-order chi connectivity index (χ0) is 19.5. The summed E-state index contributed by atoms with van der Waals surface area (Å²) in [5.74, 6) is 2.98. The lowest BCUT2D eigenvalue weighted by molar-refractivity contribution is 0.354. The van der Waals surface area contributed by atoms with E-state index < -0.39 is 0 Å². The average molecular weight is 376 g/mol. The van der Waals surface area contributed by atoms with Gasteiger partial charge in [-0.2, -0.15) is 4.98 Å². The molecule has 144 valence electrons. The Hall–Kier alpha value is -3.28. The second kappa shape index (κ2) is 7.76. The molecule has 28 heavy (non-hydrogen) atoms. The molecule has 0 amide bonds. The topological polar surface area (TPSA) is 59.5 Å². The fraction of sp³-hybridized carbons (Fsp3) is 0.273. The number of aryl methyl sites for hydroxylation is 1. The zero-order valence-corrected chi connectivity index (χ0v) is 16.4. The van der Waals surface area contributed by atoms with Crippen LogP contribution in [-0.4, -0.2) is 30.7 Å². The first-order chi connectivity index (χ1) is 13.7. The van der Waals surface area contributed by atoms with Crippen LogP contribution in [0.15, 0.2) is 48.5 Å². The van der Waals surface area contributed by atoms with E-state index in [-0.39, 0.29) is 0 Å². The van der Waals surface area contributed by atoms with E-state index in [1.54, 1.807) is 14.2 Å². The maximum Gasteiger partial charge on any atom is 0.232 e. The summed E-state index contributed by atoms with van der Waals surface area (Å²) in [6.07, 6.45) is 1.02. The van der Waals surface area contributed by atoms with Crippen molar-refractivity contribution in [3.63, 3.8) is 0 Å². The maximum atomic E-state index is 5.38. The van der Waals surface area contributed by atoms with Gasteiger partial charge >= 0.3 is 0 Å². The molecule has 0 radical (unpaired) electrons. The van der Waals surface area contributed by atoms with Crippen LogP contribution >= 0.6 is 0 Å². The number of anilines is 3. The highest BCUT2D eigenvalue weighted by Crippen LogP contribution is 2.33. The van der Waals surface area contributed by atoms with Crippen LogP contribution in [0.3, 0.4) is 0 Å². The zero-order valence-electron chi connectivity index (χ0n) is 16.4. The van der Waals surface area contributed by atoms with Crippen molar-refractivity contribution >= 4 is 17.5 Å². The minimum atomic E-state index is 0.632. The Kier molecular flexibility index (Phi) is 5.02. The van der Waals surface area contributed by atoms with Gasteiger partial charge in [-0.05, 0) is 42.7 Å². The predicted octanol–water partition coefficient (Wildman–Crippen LogP) is 4.11. The highest BCUT2D eigenvalue weighted by atomic mass is 16.5. The minimum absolute atomic E-state index is 0.632. The molecule has 6 nitrogen and oxygen atoms in total. The van der Waals surface area contributed by atoms with Gasteiger partial charge in [0, 0.05) is 30.5 Å². The van der Waals surface area contributed by atoms with Crippen molar-refractivity contribution in [1.82, 2.24) is 9.97 Å². The SMILES string of the molecule is COc1ccc(CNc2cc(C)nc(N3CCc4ccccc43)n2)cc1OC. The molecule has 0 fully saturated rings. The fourth-order valence-corrected chi connectivity index (χ4v) is 3.49. The number of fused-ring (bicyclic) bond motifs is 1. The van der Waals surface area contributed by atoms with Crippen molar-refractivity contribution in [2.24, 2.45) is 0 Å². The van der Waals surface area contributed by atoms with E-state index in [0.717, 1.165) is 47.5 Å². The second-order valence-corrected chi connectivity index (χ2v) is 6.77. The Labute approximate surface area is 165 Å². The van der Waals surface area contributed by atoms with Crippen LogP contribution in [-0.2, 0) is 13.0 Å². The number of rotatable bonds is 6. The number of aromatic nitrogens is 2. The van der Waals surface area contributed by atoms with E-state index in [2.05, 4.69) is 39.5 Å². The predicted molar refractivity (Wildman–Crippen MR) is 111 cm³/mol. The van der Waals surface area contributed by atoms with Crippen molar-refractivity contribution in [3.05, 3.63) is 65.4 Å². The van der Waals surface area contributed by atoms with E-state index in [1.807, 2.05) is 31.2 Å². The van der Waals surface area contributed by atoms with Crippen LogP contribution in [0.4, 0.5) is 17.5 Å². The maximum absolute atomic E-state index is 5.38. The van der Waals surface area contributed by atoms with Gasteiger partial charge < -0.3 is 19.7 Å². The number of nitrogens with one attached hydrogen (secondary N) is 1. The summed E-state index contributed by atoms with van der Waals surface area (Å²) in [6, 6.07) is 16.3. The molecule has 1 N–H and O–H groups in total. The first-order valence-corrected chi connectivity index (χ1v) is 9.34. The minimum Gasteiger partial charge on any atom is -0.493 e. The van der Waals surface area contributed by atoms with Crippen molar-refractivity contribution in [1.29, 1.82) is 0 Å². The Morgan fingerprint density at radius 1 is 1.00 bits per heavy atom. The first kappa shape index (κ1) is 18.1. The van der Waals surface area contributed by atoms with E-state index in [1.165, 1.54) is 11.3 Å². The molecule has 0 saturated carbocycles. The van der Waals surface area contributed by atoms with Gasteiger partial charge in [0.15, 0.2) is 11.5 Å². The van der Waals surface area contributed by atoms with Gasteiger partial charge in [-0.3, -0.25) is 0 Å². The molecular formula is C22H24N4O2. The molecule has 0 atom stereocenters. The summed E-state index contributed by atoms with van der Waals surface area (Å²) in [7, 11) is 3.28. The molecule has 3 aromatic rings. The summed E-state index contributed by atoms with van der Waals surface area (Å²) < 4.78 is 10.7. The number of ether oxygens (including phenoxy) is 2. The van der Waals surface area contributed by atoms with Gasteiger partial charge in [0.05, 0.1) is 14.2 Å². The highest BCUT2D eigenvalue weighted by Gasteiger charge is 2.22. The Bertz CT molecular complexity index is 990. The smallest absolute Gasteiger partial charge is 0.232 e. The number of hydrogen-bond acceptors (Lipinski definition) is 6. The third kappa shape index (κ3) is 3.58. The quantitative estimate of drug-likeness (QED) is 0.699. The average Bonchev–Trinajstić information content (AvgIpc) is 3.16. The molecule has 0 saturated heterocycles. The van der Waals surface area contributed by atoms with E-state index in [0.29, 0.717) is 6.54 Å². The molecule has 0 bridgehead atoms. The summed E-state index contributed by atoms with van der Waals surface area (Å²) in [5, 5.41) is 3.40. The van der Waals surface area contributed by atoms with Crippen LogP contribution in [0.25, 0.3) is 0 Å². The number of benzene rings is 2. The van der Waals surface area contributed by atoms with Crippen LogP contribution in [0, 0.1) is 6.92 Å². The molecular weight excluding hydrogens is 352 g/mol. The molecule has 1 aromatic heterocycles. The molecule has 0 aliphatic carbocycles. The third-order valence-corrected chi connectivity index (χ3v) is 4.89. The Morgan fingerprint density at radius 2 is 1.82 bits per heavy atom. The van der Waals surface area contributed by atoms with Gasteiger partial charge in [-0.25, -0.2) is 4.98 Å². The van der Waals surface area contributed by atoms with Crippen molar-refractivity contribution in [2.75, 3.05) is 31.0 Å². The van der Waals surface area contributed by atoms with Gasteiger partial charge in [0.2, 0.25) is 5.95 Å². The number of hydrogen-bond donors (Lipinski definition) is 1. The standard InChI is InChI=1S/C22H24N4O2/c1-15-12-21(23-14-16-8-9-19(27-2)20(13-16)28-3)25-22(24-15)26-11-10-17-6-4-5-7-18(17)26/h4-9,12-13H,10-11,14H2,1-3H3,(H,23,24,25). The van der Waals surface area contributed by atoms with Crippen LogP contribution in [0.5, 0.6) is 11.5 Å². The Morgan fingerprint density at radius 3 is 2.64 bits per heavy atom. The van der Waals surface area contributed by atoms with E-state index in [4.69, 9.17) is 14.5 Å². The lowest BCUT2D eigenvalue weighted by atomic mass is 10.2. The summed E-state index contributed by atoms with van der Waals surface area (Å²) in [5.41, 5.74) is 4.55. The Balaban J connectivity index is 1.54. The molecule has 4 rings (SSSR count). The third-order valence-electron chi connectivity index (χ3n) is 4.89. The normalized spacial score (nSPS) is 12.6. The lowest BCUT2D eigenvalue weighted by Crippen LogP contribution is -2.17.